The molecule has 3 N–H and O–H groups in total. The summed E-state index contributed by atoms with van der Waals surface area (Å²) in [5, 5.41) is 13.7. The van der Waals surface area contributed by atoms with Crippen molar-refractivity contribution in [1.82, 2.24) is 5.32 Å². The number of carbonyl (C=O) groups is 3. The van der Waals surface area contributed by atoms with Crippen LogP contribution in [0.1, 0.15) is 25.3 Å². The Morgan fingerprint density at radius 1 is 1.25 bits per heavy atom. The third-order valence-corrected chi connectivity index (χ3v) is 3.97. The van der Waals surface area contributed by atoms with Gasteiger partial charge in [0.05, 0.1) is 18.4 Å². The maximum Gasteiger partial charge on any atom is 0.322 e. The molecular formula is C17H22N2O5. The number of aliphatic carboxylic acids is 1. The lowest BCUT2D eigenvalue weighted by Gasteiger charge is -2.28. The minimum absolute atomic E-state index is 0.0610. The van der Waals surface area contributed by atoms with E-state index in [-0.39, 0.29) is 30.3 Å². The Bertz CT molecular complexity index is 600. The maximum atomic E-state index is 12.3. The predicted molar refractivity (Wildman–Crippen MR) is 87.6 cm³/mol. The molecule has 1 saturated heterocycles. The molecule has 24 heavy (non-hydrogen) atoms. The van der Waals surface area contributed by atoms with Gasteiger partial charge in [0.15, 0.2) is 0 Å². The molecule has 130 valence electrons. The number of hydrogen-bond acceptors (Lipinski definition) is 4. The zero-order valence-corrected chi connectivity index (χ0v) is 13.6. The second-order valence-corrected chi connectivity index (χ2v) is 5.86. The Balaban J connectivity index is 1.86. The van der Waals surface area contributed by atoms with Crippen molar-refractivity contribution in [3.05, 3.63) is 29.8 Å². The number of benzene rings is 1. The monoisotopic (exact) mass is 334 g/mol. The van der Waals surface area contributed by atoms with E-state index in [1.54, 1.807) is 24.3 Å². The van der Waals surface area contributed by atoms with Crippen LogP contribution >= 0.6 is 0 Å². The first-order chi connectivity index (χ1) is 11.5. The van der Waals surface area contributed by atoms with Gasteiger partial charge in [-0.15, -0.1) is 0 Å². The molecule has 2 rings (SSSR count). The van der Waals surface area contributed by atoms with E-state index in [0.29, 0.717) is 12.3 Å². The fourth-order valence-electron chi connectivity index (χ4n) is 2.63. The van der Waals surface area contributed by atoms with Crippen LogP contribution in [0.5, 0.6) is 0 Å². The molecule has 2 unspecified atom stereocenters. The number of nitrogens with one attached hydrogen (secondary N) is 2. The van der Waals surface area contributed by atoms with Gasteiger partial charge in [-0.3, -0.25) is 14.4 Å². The van der Waals surface area contributed by atoms with Crippen LogP contribution in [0.2, 0.25) is 0 Å². The molecule has 1 aliphatic rings. The molecule has 1 aliphatic heterocycles. The number of ether oxygens (including phenoxy) is 1. The number of carboxylic acid groups (broad SMARTS) is 1. The summed E-state index contributed by atoms with van der Waals surface area (Å²) in [7, 11) is 0. The van der Waals surface area contributed by atoms with Crippen molar-refractivity contribution in [1.29, 1.82) is 0 Å². The van der Waals surface area contributed by atoms with Crippen LogP contribution in [0.4, 0.5) is 5.69 Å². The topological polar surface area (TPSA) is 105 Å². The number of carboxylic acids is 1. The van der Waals surface area contributed by atoms with Gasteiger partial charge in [-0.1, -0.05) is 12.1 Å². The summed E-state index contributed by atoms with van der Waals surface area (Å²) < 4.78 is 5.50. The van der Waals surface area contributed by atoms with Gasteiger partial charge in [0.1, 0.15) is 6.54 Å². The van der Waals surface area contributed by atoms with Gasteiger partial charge in [-0.25, -0.2) is 0 Å². The van der Waals surface area contributed by atoms with E-state index in [1.807, 2.05) is 6.92 Å². The van der Waals surface area contributed by atoms with Crippen LogP contribution in [0.3, 0.4) is 0 Å². The Morgan fingerprint density at radius 2 is 1.96 bits per heavy atom. The Labute approximate surface area is 140 Å². The van der Waals surface area contributed by atoms with Crippen molar-refractivity contribution < 1.29 is 24.2 Å². The molecule has 0 radical (unpaired) electrons. The molecule has 1 aromatic rings. The lowest BCUT2D eigenvalue weighted by Crippen LogP contribution is -2.36. The first-order valence-electron chi connectivity index (χ1n) is 7.95. The smallest absolute Gasteiger partial charge is 0.322 e. The van der Waals surface area contributed by atoms with Crippen LogP contribution in [0.15, 0.2) is 24.3 Å². The lowest BCUT2D eigenvalue weighted by molar-refractivity contribution is -0.137. The number of anilines is 1. The van der Waals surface area contributed by atoms with Gasteiger partial charge in [-0.2, -0.15) is 0 Å². The highest BCUT2D eigenvalue weighted by molar-refractivity contribution is 5.93. The molecule has 2 amide bonds. The van der Waals surface area contributed by atoms with Crippen LogP contribution < -0.4 is 10.6 Å². The number of hydrogen-bond donors (Lipinski definition) is 3. The van der Waals surface area contributed by atoms with Gasteiger partial charge < -0.3 is 20.5 Å². The molecule has 1 aromatic carbocycles. The zero-order valence-electron chi connectivity index (χ0n) is 13.6. The van der Waals surface area contributed by atoms with Gasteiger partial charge in [-0.05, 0) is 37.5 Å². The Kier molecular flexibility index (Phi) is 6.31. The molecule has 0 aromatic heterocycles. The van der Waals surface area contributed by atoms with Crippen molar-refractivity contribution in [2.75, 3.05) is 18.5 Å². The van der Waals surface area contributed by atoms with Crippen molar-refractivity contribution >= 4 is 23.5 Å². The van der Waals surface area contributed by atoms with Gasteiger partial charge in [0.25, 0.3) is 0 Å². The summed E-state index contributed by atoms with van der Waals surface area (Å²) in [5.41, 5.74) is 1.40. The predicted octanol–water partition coefficient (Wildman–Crippen LogP) is 1.18. The molecule has 0 spiro atoms. The average molecular weight is 334 g/mol. The maximum absolute atomic E-state index is 12.3. The van der Waals surface area contributed by atoms with E-state index in [9.17, 15) is 14.4 Å². The molecule has 0 aliphatic carbocycles. The van der Waals surface area contributed by atoms with E-state index in [0.717, 1.165) is 18.4 Å². The highest BCUT2D eigenvalue weighted by Crippen LogP contribution is 2.22. The first kappa shape index (κ1) is 17.9. The molecule has 1 fully saturated rings. The largest absolute Gasteiger partial charge is 0.480 e. The van der Waals surface area contributed by atoms with E-state index < -0.39 is 12.5 Å². The zero-order chi connectivity index (χ0) is 17.5. The minimum atomic E-state index is -1.08. The summed E-state index contributed by atoms with van der Waals surface area (Å²) >= 11 is 0. The third-order valence-electron chi connectivity index (χ3n) is 3.97. The summed E-state index contributed by atoms with van der Waals surface area (Å²) in [6.07, 6.45) is 1.70. The molecule has 7 heteroatoms. The highest BCUT2D eigenvalue weighted by atomic mass is 16.5. The van der Waals surface area contributed by atoms with Crippen molar-refractivity contribution in [3.8, 4) is 0 Å². The minimum Gasteiger partial charge on any atom is -0.480 e. The lowest BCUT2D eigenvalue weighted by atomic mass is 9.94. The SMILES string of the molecule is CC1OCCCC1C(=O)Nc1ccc(CC(=O)NCC(=O)O)cc1. The van der Waals surface area contributed by atoms with E-state index in [4.69, 9.17) is 9.84 Å². The van der Waals surface area contributed by atoms with Crippen LogP contribution in [-0.2, 0) is 25.5 Å². The van der Waals surface area contributed by atoms with Gasteiger partial charge >= 0.3 is 5.97 Å². The normalized spacial score (nSPS) is 20.2. The summed E-state index contributed by atoms with van der Waals surface area (Å²) in [5.74, 6) is -1.65. The molecule has 7 nitrogen and oxygen atoms in total. The Morgan fingerprint density at radius 3 is 2.58 bits per heavy atom. The molecule has 2 atom stereocenters. The summed E-state index contributed by atoms with van der Waals surface area (Å²) in [6, 6.07) is 6.92. The third kappa shape index (κ3) is 5.34. The van der Waals surface area contributed by atoms with Gasteiger partial charge in [0, 0.05) is 12.3 Å². The molecule has 1 heterocycles. The van der Waals surface area contributed by atoms with Crippen LogP contribution in [-0.4, -0.2) is 42.1 Å². The van der Waals surface area contributed by atoms with Crippen LogP contribution in [0.25, 0.3) is 0 Å². The van der Waals surface area contributed by atoms with Crippen LogP contribution in [0, 0.1) is 5.92 Å². The average Bonchev–Trinajstić information content (AvgIpc) is 2.55. The van der Waals surface area contributed by atoms with E-state index in [2.05, 4.69) is 10.6 Å². The van der Waals surface area contributed by atoms with Gasteiger partial charge in [0.2, 0.25) is 11.8 Å². The fraction of sp³-hybridized carbons (Fsp3) is 0.471. The molecule has 0 bridgehead atoms. The number of rotatable bonds is 6. The molecule has 0 saturated carbocycles. The number of amides is 2. The van der Waals surface area contributed by atoms with Crippen molar-refractivity contribution in [2.24, 2.45) is 5.92 Å². The number of carbonyl (C=O) groups excluding carboxylic acids is 2. The quantitative estimate of drug-likeness (QED) is 0.725. The van der Waals surface area contributed by atoms with E-state index in [1.165, 1.54) is 0 Å². The van der Waals surface area contributed by atoms with E-state index >= 15 is 0 Å². The summed E-state index contributed by atoms with van der Waals surface area (Å²) in [6.45, 7) is 2.21. The second-order valence-electron chi connectivity index (χ2n) is 5.86. The van der Waals surface area contributed by atoms with Crippen molar-refractivity contribution in [3.63, 3.8) is 0 Å². The van der Waals surface area contributed by atoms with Crippen molar-refractivity contribution in [2.45, 2.75) is 32.3 Å². The first-order valence-corrected chi connectivity index (χ1v) is 7.95. The fourth-order valence-corrected chi connectivity index (χ4v) is 2.63. The second kappa shape index (κ2) is 8.44. The summed E-state index contributed by atoms with van der Waals surface area (Å²) in [4.78, 5) is 34.2. The Hall–Kier alpha value is -2.41. The standard InChI is InChI=1S/C17H22N2O5/c1-11-14(3-2-8-24-11)17(23)19-13-6-4-12(5-7-13)9-15(20)18-10-16(21)22/h4-7,11,14H,2-3,8-10H2,1H3,(H,18,20)(H,19,23)(H,21,22). The molecular weight excluding hydrogens is 312 g/mol. The highest BCUT2D eigenvalue weighted by Gasteiger charge is 2.28.